The molecule has 1 atom stereocenters. The Hall–Kier alpha value is -3.17. The molecule has 1 aromatic heterocycles. The molecule has 0 spiro atoms. The summed E-state index contributed by atoms with van der Waals surface area (Å²) < 4.78 is 11.6. The highest BCUT2D eigenvalue weighted by Crippen LogP contribution is 2.32. The van der Waals surface area contributed by atoms with Gasteiger partial charge in [0.25, 0.3) is 0 Å². The molecule has 136 valence electrons. The van der Waals surface area contributed by atoms with Gasteiger partial charge in [-0.2, -0.15) is 5.26 Å². The number of hydrogen-bond donors (Lipinski definition) is 0. The van der Waals surface area contributed by atoms with Crippen molar-refractivity contribution in [2.45, 2.75) is 25.9 Å². The van der Waals surface area contributed by atoms with Crippen molar-refractivity contribution in [3.05, 3.63) is 77.0 Å². The van der Waals surface area contributed by atoms with Gasteiger partial charge in [0.15, 0.2) is 0 Å². The van der Waals surface area contributed by atoms with Crippen LogP contribution in [0.5, 0.6) is 5.75 Å². The first-order valence-corrected chi connectivity index (χ1v) is 8.97. The average Bonchev–Trinajstić information content (AvgIpc) is 3.14. The number of ether oxygens (including phenoxy) is 1. The van der Waals surface area contributed by atoms with E-state index in [1.165, 1.54) is 11.1 Å². The van der Waals surface area contributed by atoms with Crippen LogP contribution in [0.15, 0.2) is 52.9 Å². The standard InChI is InChI=1S/C21H20N4O2/c1-15-23-24-21(27-15)20-12-17-6-2-3-7-18(17)14-25(20)9-10-26-19-8-4-5-16(11-19)13-22/h2-8,11,20H,9-10,12,14H2,1H3/t20-/m0/s1. The molecule has 3 aromatic rings. The zero-order valence-electron chi connectivity index (χ0n) is 15.1. The maximum absolute atomic E-state index is 9.01. The van der Waals surface area contributed by atoms with Gasteiger partial charge in [0.1, 0.15) is 12.4 Å². The van der Waals surface area contributed by atoms with Crippen LogP contribution in [0.1, 0.15) is 34.5 Å². The summed E-state index contributed by atoms with van der Waals surface area (Å²) in [7, 11) is 0. The molecule has 1 aliphatic rings. The molecule has 6 heteroatoms. The predicted octanol–water partition coefficient (Wildman–Crippen LogP) is 3.43. The highest BCUT2D eigenvalue weighted by atomic mass is 16.5. The van der Waals surface area contributed by atoms with E-state index in [4.69, 9.17) is 14.4 Å². The second-order valence-corrected chi connectivity index (χ2v) is 6.61. The van der Waals surface area contributed by atoms with Crippen LogP contribution in [0.2, 0.25) is 0 Å². The SMILES string of the molecule is Cc1nnc([C@@H]2Cc3ccccc3CN2CCOc2cccc(C#N)c2)o1. The highest BCUT2D eigenvalue weighted by Gasteiger charge is 2.30. The van der Waals surface area contributed by atoms with Crippen LogP contribution in [0.3, 0.4) is 0 Å². The fraction of sp³-hybridized carbons (Fsp3) is 0.286. The predicted molar refractivity (Wildman–Crippen MR) is 99.0 cm³/mol. The van der Waals surface area contributed by atoms with Crippen molar-refractivity contribution in [1.82, 2.24) is 15.1 Å². The third-order valence-corrected chi connectivity index (χ3v) is 4.78. The van der Waals surface area contributed by atoms with Crippen molar-refractivity contribution in [2.75, 3.05) is 13.2 Å². The summed E-state index contributed by atoms with van der Waals surface area (Å²) in [5.74, 6) is 1.93. The topological polar surface area (TPSA) is 75.2 Å². The normalized spacial score (nSPS) is 16.5. The third-order valence-electron chi connectivity index (χ3n) is 4.78. The zero-order valence-corrected chi connectivity index (χ0v) is 15.1. The molecule has 0 fully saturated rings. The van der Waals surface area contributed by atoms with Gasteiger partial charge in [-0.1, -0.05) is 30.3 Å². The molecule has 4 rings (SSSR count). The number of aromatic nitrogens is 2. The van der Waals surface area contributed by atoms with Crippen molar-refractivity contribution < 1.29 is 9.15 Å². The van der Waals surface area contributed by atoms with Crippen LogP contribution < -0.4 is 4.74 Å². The Kier molecular flexibility index (Phi) is 4.86. The molecule has 0 saturated carbocycles. The largest absolute Gasteiger partial charge is 0.492 e. The van der Waals surface area contributed by atoms with E-state index in [1.807, 2.05) is 19.1 Å². The lowest BCUT2D eigenvalue weighted by Gasteiger charge is -2.34. The van der Waals surface area contributed by atoms with E-state index in [2.05, 4.69) is 45.4 Å². The van der Waals surface area contributed by atoms with Gasteiger partial charge >= 0.3 is 0 Å². The van der Waals surface area contributed by atoms with E-state index in [9.17, 15) is 0 Å². The van der Waals surface area contributed by atoms with E-state index < -0.39 is 0 Å². The maximum Gasteiger partial charge on any atom is 0.233 e. The Balaban J connectivity index is 1.49. The molecule has 27 heavy (non-hydrogen) atoms. The number of rotatable bonds is 5. The van der Waals surface area contributed by atoms with Crippen LogP contribution in [0.25, 0.3) is 0 Å². The smallest absolute Gasteiger partial charge is 0.233 e. The fourth-order valence-electron chi connectivity index (χ4n) is 3.44. The summed E-state index contributed by atoms with van der Waals surface area (Å²) >= 11 is 0. The number of hydrogen-bond acceptors (Lipinski definition) is 6. The van der Waals surface area contributed by atoms with Crippen LogP contribution in [0.4, 0.5) is 0 Å². The molecule has 0 amide bonds. The van der Waals surface area contributed by atoms with Gasteiger partial charge in [0, 0.05) is 20.0 Å². The van der Waals surface area contributed by atoms with Crippen molar-refractivity contribution in [3.63, 3.8) is 0 Å². The minimum atomic E-state index is 0.0372. The molecular formula is C21H20N4O2. The Labute approximate surface area is 158 Å². The van der Waals surface area contributed by atoms with Gasteiger partial charge in [-0.3, -0.25) is 4.90 Å². The first kappa shape index (κ1) is 17.3. The van der Waals surface area contributed by atoms with E-state index in [-0.39, 0.29) is 6.04 Å². The first-order chi connectivity index (χ1) is 13.2. The number of nitrogens with zero attached hydrogens (tertiary/aromatic N) is 4. The minimum Gasteiger partial charge on any atom is -0.492 e. The van der Waals surface area contributed by atoms with Gasteiger partial charge < -0.3 is 9.15 Å². The van der Waals surface area contributed by atoms with Crippen molar-refractivity contribution >= 4 is 0 Å². The lowest BCUT2D eigenvalue weighted by atomic mass is 9.94. The van der Waals surface area contributed by atoms with E-state index >= 15 is 0 Å². The van der Waals surface area contributed by atoms with E-state index in [0.29, 0.717) is 29.7 Å². The summed E-state index contributed by atoms with van der Waals surface area (Å²) in [6, 6.07) is 17.8. The molecule has 0 N–H and O–H groups in total. The minimum absolute atomic E-state index is 0.0372. The van der Waals surface area contributed by atoms with Crippen molar-refractivity contribution in [2.24, 2.45) is 0 Å². The Morgan fingerprint density at radius 1 is 1.19 bits per heavy atom. The van der Waals surface area contributed by atoms with Crippen molar-refractivity contribution in [3.8, 4) is 11.8 Å². The molecule has 0 radical (unpaired) electrons. The summed E-state index contributed by atoms with van der Waals surface area (Å²) in [4.78, 5) is 2.31. The molecule has 2 aromatic carbocycles. The molecule has 0 unspecified atom stereocenters. The maximum atomic E-state index is 9.01. The Morgan fingerprint density at radius 3 is 2.81 bits per heavy atom. The molecule has 6 nitrogen and oxygen atoms in total. The number of aryl methyl sites for hydroxylation is 1. The van der Waals surface area contributed by atoms with Gasteiger partial charge in [-0.05, 0) is 35.7 Å². The number of nitriles is 1. The molecule has 2 heterocycles. The van der Waals surface area contributed by atoms with E-state index in [1.54, 1.807) is 12.1 Å². The van der Waals surface area contributed by atoms with Gasteiger partial charge in [-0.25, -0.2) is 0 Å². The summed E-state index contributed by atoms with van der Waals surface area (Å²) in [5.41, 5.74) is 3.23. The van der Waals surface area contributed by atoms with E-state index in [0.717, 1.165) is 19.5 Å². The summed E-state index contributed by atoms with van der Waals surface area (Å²) in [6.45, 7) is 3.85. The first-order valence-electron chi connectivity index (χ1n) is 8.97. The monoisotopic (exact) mass is 360 g/mol. The van der Waals surface area contributed by atoms with Crippen LogP contribution in [0, 0.1) is 18.3 Å². The summed E-state index contributed by atoms with van der Waals surface area (Å²) in [5, 5.41) is 17.3. The molecular weight excluding hydrogens is 340 g/mol. The Morgan fingerprint density at radius 2 is 2.04 bits per heavy atom. The fourth-order valence-corrected chi connectivity index (χ4v) is 3.44. The Bertz CT molecular complexity index is 976. The molecule has 0 saturated heterocycles. The lowest BCUT2D eigenvalue weighted by molar-refractivity contribution is 0.121. The quantitative estimate of drug-likeness (QED) is 0.694. The van der Waals surface area contributed by atoms with Crippen LogP contribution in [-0.2, 0) is 13.0 Å². The second-order valence-electron chi connectivity index (χ2n) is 6.61. The number of fused-ring (bicyclic) bond motifs is 1. The molecule has 0 aliphatic carbocycles. The van der Waals surface area contributed by atoms with Crippen LogP contribution >= 0.6 is 0 Å². The lowest BCUT2D eigenvalue weighted by Crippen LogP contribution is -2.37. The number of benzene rings is 2. The molecule has 0 bridgehead atoms. The highest BCUT2D eigenvalue weighted by molar-refractivity contribution is 5.36. The van der Waals surface area contributed by atoms with Crippen LogP contribution in [-0.4, -0.2) is 28.2 Å². The average molecular weight is 360 g/mol. The van der Waals surface area contributed by atoms with Gasteiger partial charge in [-0.15, -0.1) is 10.2 Å². The van der Waals surface area contributed by atoms with Gasteiger partial charge in [0.2, 0.25) is 11.8 Å². The summed E-state index contributed by atoms with van der Waals surface area (Å²) in [6.07, 6.45) is 0.835. The van der Waals surface area contributed by atoms with Gasteiger partial charge in [0.05, 0.1) is 17.7 Å². The zero-order chi connectivity index (χ0) is 18.6. The second kappa shape index (κ2) is 7.60. The molecule has 1 aliphatic heterocycles. The van der Waals surface area contributed by atoms with Crippen molar-refractivity contribution in [1.29, 1.82) is 5.26 Å². The third kappa shape index (κ3) is 3.83.